The molecule has 1 aliphatic rings. The number of ketones is 1. The van der Waals surface area contributed by atoms with Crippen molar-refractivity contribution in [3.63, 3.8) is 0 Å². The van der Waals surface area contributed by atoms with E-state index >= 15 is 0 Å². The van der Waals surface area contributed by atoms with Gasteiger partial charge in [-0.3, -0.25) is 9.59 Å². The van der Waals surface area contributed by atoms with Crippen molar-refractivity contribution in [2.75, 3.05) is 6.61 Å². The van der Waals surface area contributed by atoms with E-state index < -0.39 is 0 Å². The Morgan fingerprint density at radius 1 is 1.62 bits per heavy atom. The number of carbonyl (C=O) groups is 2. The van der Waals surface area contributed by atoms with Gasteiger partial charge in [0.05, 0.1) is 13.0 Å². The lowest BCUT2D eigenvalue weighted by molar-refractivity contribution is -0.144. The van der Waals surface area contributed by atoms with Crippen LogP contribution in [0.5, 0.6) is 0 Å². The van der Waals surface area contributed by atoms with Crippen molar-refractivity contribution in [2.24, 2.45) is 5.92 Å². The normalized spacial score (nSPS) is 23.2. The third-order valence-electron chi connectivity index (χ3n) is 2.16. The fourth-order valence-electron chi connectivity index (χ4n) is 1.45. The van der Waals surface area contributed by atoms with Crippen LogP contribution in [0.2, 0.25) is 0 Å². The third-order valence-corrected chi connectivity index (χ3v) is 2.16. The molecule has 0 saturated carbocycles. The minimum absolute atomic E-state index is 0.00106. The number of ether oxygens (including phenoxy) is 1. The average molecular weight is 182 g/mol. The van der Waals surface area contributed by atoms with Crippen LogP contribution in [0.15, 0.2) is 12.2 Å². The first-order chi connectivity index (χ1) is 6.11. The van der Waals surface area contributed by atoms with E-state index in [4.69, 9.17) is 4.74 Å². The first kappa shape index (κ1) is 9.96. The Labute approximate surface area is 77.8 Å². The summed E-state index contributed by atoms with van der Waals surface area (Å²) in [4.78, 5) is 22.5. The van der Waals surface area contributed by atoms with Gasteiger partial charge in [-0.05, 0) is 25.3 Å². The number of carbonyl (C=O) groups excluding carboxylic acids is 2. The van der Waals surface area contributed by atoms with Crippen molar-refractivity contribution in [1.29, 1.82) is 0 Å². The summed E-state index contributed by atoms with van der Waals surface area (Å²) in [7, 11) is 0. The molecule has 3 heteroatoms. The molecular weight excluding hydrogens is 168 g/mol. The molecule has 72 valence electrons. The van der Waals surface area contributed by atoms with Crippen molar-refractivity contribution >= 4 is 11.8 Å². The molecule has 0 amide bonds. The quantitative estimate of drug-likeness (QED) is 0.480. The predicted octanol–water partition coefficient (Wildman–Crippen LogP) is 1.47. The van der Waals surface area contributed by atoms with E-state index in [9.17, 15) is 9.59 Å². The lowest BCUT2D eigenvalue weighted by Gasteiger charge is -2.09. The highest BCUT2D eigenvalue weighted by atomic mass is 16.5. The van der Waals surface area contributed by atoms with Crippen LogP contribution in [0, 0.1) is 5.92 Å². The van der Waals surface area contributed by atoms with Gasteiger partial charge in [-0.15, -0.1) is 0 Å². The Bertz CT molecular complexity index is 243. The number of Topliss-reactive ketones (excluding diaryl/α,β-unsaturated/α-hetero) is 1. The topological polar surface area (TPSA) is 43.4 Å². The van der Waals surface area contributed by atoms with E-state index in [1.165, 1.54) is 0 Å². The molecular formula is C10H14O3. The van der Waals surface area contributed by atoms with Gasteiger partial charge in [0.25, 0.3) is 0 Å². The Kier molecular flexibility index (Phi) is 3.23. The van der Waals surface area contributed by atoms with Crippen LogP contribution in [0.3, 0.4) is 0 Å². The molecule has 1 atom stereocenters. The molecule has 0 aromatic rings. The van der Waals surface area contributed by atoms with Crippen molar-refractivity contribution in [3.8, 4) is 0 Å². The summed E-state index contributed by atoms with van der Waals surface area (Å²) in [5, 5.41) is 0. The molecule has 1 unspecified atom stereocenters. The number of cyclic esters (lactones) is 1. The fraction of sp³-hybridized carbons (Fsp3) is 0.600. The Morgan fingerprint density at radius 3 is 2.92 bits per heavy atom. The zero-order valence-electron chi connectivity index (χ0n) is 7.84. The van der Waals surface area contributed by atoms with Gasteiger partial charge in [-0.25, -0.2) is 0 Å². The Morgan fingerprint density at radius 2 is 2.31 bits per heavy atom. The Hall–Kier alpha value is -1.12. The molecule has 0 aromatic carbocycles. The molecule has 1 aliphatic heterocycles. The lowest BCUT2D eigenvalue weighted by atomic mass is 9.92. The van der Waals surface area contributed by atoms with Gasteiger partial charge in [-0.1, -0.05) is 6.58 Å². The van der Waals surface area contributed by atoms with Gasteiger partial charge in [0.1, 0.15) is 0 Å². The maximum absolute atomic E-state index is 11.5. The summed E-state index contributed by atoms with van der Waals surface area (Å²) in [5.41, 5.74) is 0.528. The molecule has 0 aliphatic carbocycles. The van der Waals surface area contributed by atoms with E-state index in [2.05, 4.69) is 6.58 Å². The summed E-state index contributed by atoms with van der Waals surface area (Å²) in [6.45, 7) is 5.71. The van der Waals surface area contributed by atoms with E-state index in [1.54, 1.807) is 6.92 Å². The molecule has 1 heterocycles. The van der Waals surface area contributed by atoms with Crippen LogP contribution < -0.4 is 0 Å². The summed E-state index contributed by atoms with van der Waals surface area (Å²) < 4.78 is 4.84. The van der Waals surface area contributed by atoms with Crippen molar-refractivity contribution in [2.45, 2.75) is 26.2 Å². The van der Waals surface area contributed by atoms with Gasteiger partial charge < -0.3 is 4.74 Å². The third kappa shape index (κ3) is 2.68. The van der Waals surface area contributed by atoms with E-state index in [0.29, 0.717) is 12.2 Å². The van der Waals surface area contributed by atoms with Crippen LogP contribution in [-0.2, 0) is 14.3 Å². The van der Waals surface area contributed by atoms with Gasteiger partial charge in [0.15, 0.2) is 5.78 Å². The smallest absolute Gasteiger partial charge is 0.306 e. The molecule has 0 aromatic heterocycles. The van der Waals surface area contributed by atoms with Crippen LogP contribution in [0.25, 0.3) is 0 Å². The van der Waals surface area contributed by atoms with Gasteiger partial charge in [0.2, 0.25) is 0 Å². The SMILES string of the molecule is C=C(C)C(=O)C1CCCOC(=O)C1. The van der Waals surface area contributed by atoms with Gasteiger partial charge in [0, 0.05) is 5.92 Å². The van der Waals surface area contributed by atoms with Gasteiger partial charge in [-0.2, -0.15) is 0 Å². The van der Waals surface area contributed by atoms with Crippen molar-refractivity contribution < 1.29 is 14.3 Å². The standard InChI is InChI=1S/C10H14O3/c1-7(2)10(12)8-4-3-5-13-9(11)6-8/h8H,1,3-6H2,2H3. The molecule has 0 radical (unpaired) electrons. The Balaban J connectivity index is 2.62. The number of hydrogen-bond acceptors (Lipinski definition) is 3. The largest absolute Gasteiger partial charge is 0.466 e. The molecule has 0 N–H and O–H groups in total. The second-order valence-corrected chi connectivity index (χ2v) is 3.41. The maximum Gasteiger partial charge on any atom is 0.306 e. The van der Waals surface area contributed by atoms with E-state index in [-0.39, 0.29) is 24.1 Å². The molecule has 1 saturated heterocycles. The number of rotatable bonds is 2. The average Bonchev–Trinajstić information content (AvgIpc) is 2.28. The second kappa shape index (κ2) is 4.21. The molecule has 3 nitrogen and oxygen atoms in total. The van der Waals surface area contributed by atoms with Crippen LogP contribution in [0.4, 0.5) is 0 Å². The maximum atomic E-state index is 11.5. The first-order valence-electron chi connectivity index (χ1n) is 4.46. The monoisotopic (exact) mass is 182 g/mol. The predicted molar refractivity (Wildman–Crippen MR) is 48.1 cm³/mol. The van der Waals surface area contributed by atoms with Crippen LogP contribution in [-0.4, -0.2) is 18.4 Å². The van der Waals surface area contributed by atoms with Crippen LogP contribution in [0.1, 0.15) is 26.2 Å². The summed E-state index contributed by atoms with van der Waals surface area (Å²) in [5.74, 6) is -0.469. The van der Waals surface area contributed by atoms with Crippen molar-refractivity contribution in [3.05, 3.63) is 12.2 Å². The number of allylic oxidation sites excluding steroid dienone is 1. The second-order valence-electron chi connectivity index (χ2n) is 3.41. The van der Waals surface area contributed by atoms with E-state index in [0.717, 1.165) is 12.8 Å². The zero-order chi connectivity index (χ0) is 9.84. The molecule has 1 rings (SSSR count). The highest BCUT2D eigenvalue weighted by Crippen LogP contribution is 2.19. The molecule has 0 spiro atoms. The molecule has 13 heavy (non-hydrogen) atoms. The van der Waals surface area contributed by atoms with Crippen molar-refractivity contribution in [1.82, 2.24) is 0 Å². The minimum Gasteiger partial charge on any atom is -0.466 e. The molecule has 0 bridgehead atoms. The van der Waals surface area contributed by atoms with E-state index in [1.807, 2.05) is 0 Å². The first-order valence-corrected chi connectivity index (χ1v) is 4.46. The highest BCUT2D eigenvalue weighted by molar-refractivity contribution is 5.97. The number of hydrogen-bond donors (Lipinski definition) is 0. The fourth-order valence-corrected chi connectivity index (χ4v) is 1.45. The lowest BCUT2D eigenvalue weighted by Crippen LogP contribution is -2.17. The van der Waals surface area contributed by atoms with Crippen LogP contribution >= 0.6 is 0 Å². The number of esters is 1. The van der Waals surface area contributed by atoms with Gasteiger partial charge >= 0.3 is 5.97 Å². The summed E-state index contributed by atoms with van der Waals surface area (Å²) in [6, 6.07) is 0. The minimum atomic E-state index is -0.267. The zero-order valence-corrected chi connectivity index (χ0v) is 7.84. The molecule has 1 fully saturated rings. The highest BCUT2D eigenvalue weighted by Gasteiger charge is 2.24. The summed E-state index contributed by atoms with van der Waals surface area (Å²) >= 11 is 0. The summed E-state index contributed by atoms with van der Waals surface area (Å²) in [6.07, 6.45) is 1.72.